The summed E-state index contributed by atoms with van der Waals surface area (Å²) in [7, 11) is 0. The van der Waals surface area contributed by atoms with Crippen LogP contribution in [-0.2, 0) is 9.53 Å². The summed E-state index contributed by atoms with van der Waals surface area (Å²) < 4.78 is 6.09. The number of carbonyl (C=O) groups excluding carboxylic acids is 2. The maximum absolute atomic E-state index is 12.9. The summed E-state index contributed by atoms with van der Waals surface area (Å²) in [6, 6.07) is 7.11. The van der Waals surface area contributed by atoms with Crippen molar-refractivity contribution < 1.29 is 14.3 Å². The maximum atomic E-state index is 12.9. The van der Waals surface area contributed by atoms with Crippen molar-refractivity contribution in [3.8, 4) is 0 Å². The van der Waals surface area contributed by atoms with Gasteiger partial charge in [0.25, 0.3) is 11.8 Å². The summed E-state index contributed by atoms with van der Waals surface area (Å²) in [5.41, 5.74) is 0.520. The molecule has 0 aromatic heterocycles. The molecule has 1 aromatic rings. The van der Waals surface area contributed by atoms with Crippen LogP contribution >= 0.6 is 11.6 Å². The number of halogens is 1. The standard InChI is InChI=1S/C22H31ClN2O3/c1-16-7-5-8-18(15-16)28-17(2)21(26)24-11-6-12-25(14-13-24)22(27)19-9-3-4-10-20(19)23/h3-4,9-10,16-18H,5-8,11-15H2,1-2H3. The van der Waals surface area contributed by atoms with Gasteiger partial charge >= 0.3 is 0 Å². The van der Waals surface area contributed by atoms with E-state index in [1.54, 1.807) is 17.0 Å². The molecule has 3 unspecified atom stereocenters. The molecule has 1 aliphatic heterocycles. The SMILES string of the molecule is CC1CCCC(OC(C)C(=O)N2CCCN(C(=O)c3ccccc3Cl)CC2)C1. The van der Waals surface area contributed by atoms with E-state index < -0.39 is 6.10 Å². The number of nitrogens with zero attached hydrogens (tertiary/aromatic N) is 2. The second kappa shape index (κ2) is 9.75. The van der Waals surface area contributed by atoms with Crippen LogP contribution in [0, 0.1) is 5.92 Å². The summed E-state index contributed by atoms with van der Waals surface area (Å²) in [6.07, 6.45) is 5.03. The Kier molecular flexibility index (Phi) is 7.36. The molecule has 5 nitrogen and oxygen atoms in total. The van der Waals surface area contributed by atoms with Gasteiger partial charge in [-0.3, -0.25) is 9.59 Å². The van der Waals surface area contributed by atoms with E-state index in [0.29, 0.717) is 42.7 Å². The van der Waals surface area contributed by atoms with E-state index in [1.165, 1.54) is 12.8 Å². The van der Waals surface area contributed by atoms with E-state index in [4.69, 9.17) is 16.3 Å². The Morgan fingerprint density at radius 3 is 2.54 bits per heavy atom. The molecule has 3 rings (SSSR count). The Morgan fingerprint density at radius 2 is 1.79 bits per heavy atom. The second-order valence-electron chi connectivity index (χ2n) is 8.12. The highest BCUT2D eigenvalue weighted by molar-refractivity contribution is 6.33. The van der Waals surface area contributed by atoms with Gasteiger partial charge in [0.15, 0.2) is 0 Å². The molecule has 1 aromatic carbocycles. The van der Waals surface area contributed by atoms with Gasteiger partial charge in [-0.15, -0.1) is 0 Å². The van der Waals surface area contributed by atoms with Crippen LogP contribution in [0.3, 0.4) is 0 Å². The van der Waals surface area contributed by atoms with Gasteiger partial charge in [0.05, 0.1) is 16.7 Å². The molecule has 0 bridgehead atoms. The highest BCUT2D eigenvalue weighted by atomic mass is 35.5. The highest BCUT2D eigenvalue weighted by Gasteiger charge is 2.29. The fourth-order valence-corrected chi connectivity index (χ4v) is 4.47. The summed E-state index contributed by atoms with van der Waals surface area (Å²) in [4.78, 5) is 29.3. The van der Waals surface area contributed by atoms with Crippen molar-refractivity contribution in [3.05, 3.63) is 34.9 Å². The summed E-state index contributed by atoms with van der Waals surface area (Å²) in [5, 5.41) is 0.466. The van der Waals surface area contributed by atoms with Gasteiger partial charge in [0.1, 0.15) is 6.10 Å². The van der Waals surface area contributed by atoms with E-state index in [0.717, 1.165) is 19.3 Å². The quantitative estimate of drug-likeness (QED) is 0.759. The van der Waals surface area contributed by atoms with Gasteiger partial charge in [0.2, 0.25) is 0 Å². The van der Waals surface area contributed by atoms with Crippen LogP contribution in [0.5, 0.6) is 0 Å². The lowest BCUT2D eigenvalue weighted by Gasteiger charge is -2.31. The molecule has 0 radical (unpaired) electrons. The van der Waals surface area contributed by atoms with Gasteiger partial charge in [0, 0.05) is 26.2 Å². The molecule has 154 valence electrons. The minimum Gasteiger partial charge on any atom is -0.365 e. The van der Waals surface area contributed by atoms with Crippen LogP contribution in [0.2, 0.25) is 5.02 Å². The lowest BCUT2D eigenvalue weighted by atomic mass is 9.88. The van der Waals surface area contributed by atoms with Gasteiger partial charge in [-0.1, -0.05) is 43.5 Å². The molecule has 28 heavy (non-hydrogen) atoms. The number of hydrogen-bond acceptors (Lipinski definition) is 3. The molecule has 0 spiro atoms. The van der Waals surface area contributed by atoms with Crippen molar-refractivity contribution in [3.63, 3.8) is 0 Å². The lowest BCUT2D eigenvalue weighted by Crippen LogP contribution is -2.43. The van der Waals surface area contributed by atoms with Crippen molar-refractivity contribution in [1.29, 1.82) is 0 Å². The molecule has 1 heterocycles. The minimum absolute atomic E-state index is 0.0327. The Hall–Kier alpha value is -1.59. The number of benzene rings is 1. The smallest absolute Gasteiger partial charge is 0.255 e. The third-order valence-electron chi connectivity index (χ3n) is 5.83. The molecule has 6 heteroatoms. The van der Waals surface area contributed by atoms with Crippen LogP contribution in [0.1, 0.15) is 56.3 Å². The first kappa shape index (κ1) is 21.1. The van der Waals surface area contributed by atoms with Crippen molar-refractivity contribution in [2.24, 2.45) is 5.92 Å². The summed E-state index contributed by atoms with van der Waals surface area (Å²) in [5.74, 6) is 0.634. The Labute approximate surface area is 173 Å². The normalized spacial score (nSPS) is 24.5. The van der Waals surface area contributed by atoms with E-state index in [-0.39, 0.29) is 17.9 Å². The van der Waals surface area contributed by atoms with Gasteiger partial charge in [-0.25, -0.2) is 0 Å². The third-order valence-corrected chi connectivity index (χ3v) is 6.16. The van der Waals surface area contributed by atoms with Gasteiger partial charge < -0.3 is 14.5 Å². The number of hydrogen-bond donors (Lipinski definition) is 0. The largest absolute Gasteiger partial charge is 0.365 e. The maximum Gasteiger partial charge on any atom is 0.255 e. The zero-order valence-electron chi connectivity index (χ0n) is 16.9. The second-order valence-corrected chi connectivity index (χ2v) is 8.53. The van der Waals surface area contributed by atoms with E-state index in [1.807, 2.05) is 24.0 Å². The first-order valence-electron chi connectivity index (χ1n) is 10.4. The van der Waals surface area contributed by atoms with E-state index in [9.17, 15) is 9.59 Å². The van der Waals surface area contributed by atoms with Crippen LogP contribution in [0.4, 0.5) is 0 Å². The lowest BCUT2D eigenvalue weighted by molar-refractivity contribution is -0.147. The van der Waals surface area contributed by atoms with Gasteiger partial charge in [-0.2, -0.15) is 0 Å². The number of rotatable bonds is 4. The highest BCUT2D eigenvalue weighted by Crippen LogP contribution is 2.27. The van der Waals surface area contributed by atoms with E-state index >= 15 is 0 Å². The molecule has 2 amide bonds. The van der Waals surface area contributed by atoms with Crippen LogP contribution in [0.15, 0.2) is 24.3 Å². The number of carbonyl (C=O) groups is 2. The molecular formula is C22H31ClN2O3. The van der Waals surface area contributed by atoms with Crippen molar-refractivity contribution in [1.82, 2.24) is 9.80 Å². The molecule has 1 saturated carbocycles. The molecule has 2 fully saturated rings. The predicted molar refractivity (Wildman–Crippen MR) is 111 cm³/mol. The number of ether oxygens (including phenoxy) is 1. The fraction of sp³-hybridized carbons (Fsp3) is 0.636. The third kappa shape index (κ3) is 5.26. The Balaban J connectivity index is 1.54. The average molecular weight is 407 g/mol. The average Bonchev–Trinajstić information content (AvgIpc) is 2.93. The fourth-order valence-electron chi connectivity index (χ4n) is 4.25. The predicted octanol–water partition coefficient (Wildman–Crippen LogP) is 4.00. The first-order valence-corrected chi connectivity index (χ1v) is 10.8. The molecule has 1 saturated heterocycles. The van der Waals surface area contributed by atoms with Crippen molar-refractivity contribution in [2.75, 3.05) is 26.2 Å². The zero-order chi connectivity index (χ0) is 20.1. The molecule has 0 N–H and O–H groups in total. The molecular weight excluding hydrogens is 376 g/mol. The van der Waals surface area contributed by atoms with Gasteiger partial charge in [-0.05, 0) is 44.2 Å². The molecule has 3 atom stereocenters. The van der Waals surface area contributed by atoms with E-state index in [2.05, 4.69) is 6.92 Å². The molecule has 1 aliphatic carbocycles. The minimum atomic E-state index is -0.430. The number of amides is 2. The van der Waals surface area contributed by atoms with Crippen LogP contribution in [0.25, 0.3) is 0 Å². The first-order chi connectivity index (χ1) is 13.5. The van der Waals surface area contributed by atoms with Crippen molar-refractivity contribution >= 4 is 23.4 Å². The monoisotopic (exact) mass is 406 g/mol. The van der Waals surface area contributed by atoms with Crippen LogP contribution < -0.4 is 0 Å². The summed E-state index contributed by atoms with van der Waals surface area (Å²) in [6.45, 7) is 6.44. The zero-order valence-corrected chi connectivity index (χ0v) is 17.7. The summed E-state index contributed by atoms with van der Waals surface area (Å²) >= 11 is 6.17. The topological polar surface area (TPSA) is 49.9 Å². The van der Waals surface area contributed by atoms with Crippen LogP contribution in [-0.4, -0.2) is 60.0 Å². The Morgan fingerprint density at radius 1 is 1.07 bits per heavy atom. The Bertz CT molecular complexity index is 696. The molecule has 2 aliphatic rings. The van der Waals surface area contributed by atoms with Crippen molar-refractivity contribution in [2.45, 2.75) is 58.2 Å².